The van der Waals surface area contributed by atoms with Gasteiger partial charge < -0.3 is 0 Å². The van der Waals surface area contributed by atoms with Crippen LogP contribution in [0.1, 0.15) is 36.2 Å². The van der Waals surface area contributed by atoms with E-state index in [1.807, 2.05) is 6.26 Å². The summed E-state index contributed by atoms with van der Waals surface area (Å²) in [4.78, 5) is 25.2. The number of hydrogen-bond acceptors (Lipinski definition) is 5. The molecule has 1 aliphatic carbocycles. The van der Waals surface area contributed by atoms with Crippen molar-refractivity contribution in [2.24, 2.45) is 0 Å². The highest BCUT2D eigenvalue weighted by Gasteiger charge is 2.19. The number of hydrogen-bond donors (Lipinski definition) is 1. The Hall–Kier alpha value is -0.850. The first-order valence-electron chi connectivity index (χ1n) is 5.73. The third kappa shape index (κ3) is 3.34. The molecule has 0 radical (unpaired) electrons. The molecule has 1 heterocycles. The van der Waals surface area contributed by atoms with Crippen LogP contribution in [-0.2, 0) is 4.84 Å². The minimum atomic E-state index is -0.426. The van der Waals surface area contributed by atoms with E-state index >= 15 is 0 Å². The monoisotopic (exact) mass is 287 g/mol. The van der Waals surface area contributed by atoms with Crippen LogP contribution < -0.4 is 5.48 Å². The molecule has 1 aromatic rings. The lowest BCUT2D eigenvalue weighted by Gasteiger charge is -2.11. The molecule has 18 heavy (non-hydrogen) atoms. The summed E-state index contributed by atoms with van der Waals surface area (Å²) in [5.41, 5.74) is 2.56. The van der Waals surface area contributed by atoms with Crippen molar-refractivity contribution >= 4 is 29.3 Å². The van der Waals surface area contributed by atoms with E-state index in [-0.39, 0.29) is 16.8 Å². The maximum atomic E-state index is 11.9. The zero-order valence-corrected chi connectivity index (χ0v) is 11.6. The Balaban J connectivity index is 1.98. The van der Waals surface area contributed by atoms with Gasteiger partial charge in [0.25, 0.3) is 5.91 Å². The van der Waals surface area contributed by atoms with Gasteiger partial charge in [-0.15, -0.1) is 0 Å². The fraction of sp³-hybridized carbons (Fsp3) is 0.545. The van der Waals surface area contributed by atoms with E-state index in [4.69, 9.17) is 16.4 Å². The minimum Gasteiger partial charge on any atom is -0.270 e. The van der Waals surface area contributed by atoms with Gasteiger partial charge in [0.05, 0.1) is 17.3 Å². The van der Waals surface area contributed by atoms with E-state index in [1.165, 1.54) is 18.0 Å². The number of halogens is 1. The van der Waals surface area contributed by atoms with Crippen LogP contribution in [0, 0.1) is 0 Å². The second-order valence-electron chi connectivity index (χ2n) is 4.01. The average molecular weight is 288 g/mol. The number of carbonyl (C=O) groups excluding carboxylic acids is 1. The van der Waals surface area contributed by atoms with Gasteiger partial charge in [-0.25, -0.2) is 15.4 Å². The summed E-state index contributed by atoms with van der Waals surface area (Å²) in [7, 11) is 0. The van der Waals surface area contributed by atoms with Crippen LogP contribution in [0.5, 0.6) is 0 Å². The normalized spacial score (nSPS) is 15.9. The average Bonchev–Trinajstić information content (AvgIpc) is 2.89. The quantitative estimate of drug-likeness (QED) is 0.523. The van der Waals surface area contributed by atoms with E-state index < -0.39 is 5.91 Å². The number of nitrogens with one attached hydrogen (secondary N) is 1. The van der Waals surface area contributed by atoms with Gasteiger partial charge in [-0.05, 0) is 19.1 Å². The molecule has 0 aliphatic heterocycles. The van der Waals surface area contributed by atoms with E-state index in [9.17, 15) is 4.79 Å². The number of aromatic nitrogens is 2. The van der Waals surface area contributed by atoms with Crippen LogP contribution in [0.4, 0.5) is 0 Å². The summed E-state index contributed by atoms with van der Waals surface area (Å²) in [6, 6.07) is 0. The molecule has 0 unspecified atom stereocenters. The van der Waals surface area contributed by atoms with E-state index in [0.717, 1.165) is 25.7 Å². The number of carbonyl (C=O) groups is 1. The minimum absolute atomic E-state index is 0.106. The smallest absolute Gasteiger partial charge is 0.270 e. The largest absolute Gasteiger partial charge is 0.295 e. The van der Waals surface area contributed by atoms with Crippen molar-refractivity contribution in [2.45, 2.75) is 36.9 Å². The van der Waals surface area contributed by atoms with E-state index in [2.05, 4.69) is 15.4 Å². The predicted molar refractivity (Wildman–Crippen MR) is 69.6 cm³/mol. The van der Waals surface area contributed by atoms with Crippen LogP contribution >= 0.6 is 23.4 Å². The van der Waals surface area contributed by atoms with Crippen LogP contribution in [0.2, 0.25) is 5.02 Å². The van der Waals surface area contributed by atoms with Gasteiger partial charge in [-0.1, -0.05) is 36.2 Å². The second kappa shape index (κ2) is 6.36. The number of hydroxylamine groups is 1. The summed E-state index contributed by atoms with van der Waals surface area (Å²) in [5.74, 6) is -0.426. The molecule has 1 fully saturated rings. The molecular weight excluding hydrogens is 274 g/mol. The third-order valence-electron chi connectivity index (χ3n) is 2.74. The van der Waals surface area contributed by atoms with E-state index in [0.29, 0.717) is 5.16 Å². The maximum absolute atomic E-state index is 11.9. The van der Waals surface area contributed by atoms with Gasteiger partial charge in [0.1, 0.15) is 0 Å². The lowest BCUT2D eigenvalue weighted by Crippen LogP contribution is -2.29. The van der Waals surface area contributed by atoms with Crippen molar-refractivity contribution in [1.29, 1.82) is 0 Å². The lowest BCUT2D eigenvalue weighted by atomic mass is 10.3. The van der Waals surface area contributed by atoms with Crippen LogP contribution in [0.3, 0.4) is 0 Å². The molecule has 0 aromatic carbocycles. The predicted octanol–water partition coefficient (Wildman–Crippen LogP) is 2.46. The molecule has 1 saturated carbocycles. The highest BCUT2D eigenvalue weighted by Crippen LogP contribution is 2.20. The Morgan fingerprint density at radius 3 is 2.94 bits per heavy atom. The molecule has 5 nitrogen and oxygen atoms in total. The molecule has 98 valence electrons. The number of nitrogens with zero attached hydrogens (tertiary/aromatic N) is 2. The van der Waals surface area contributed by atoms with Crippen molar-refractivity contribution < 1.29 is 9.63 Å². The highest BCUT2D eigenvalue weighted by molar-refractivity contribution is 7.98. The maximum Gasteiger partial charge on any atom is 0.295 e. The van der Waals surface area contributed by atoms with Gasteiger partial charge in [-0.3, -0.25) is 9.63 Å². The van der Waals surface area contributed by atoms with Gasteiger partial charge in [0, 0.05) is 0 Å². The summed E-state index contributed by atoms with van der Waals surface area (Å²) in [6.45, 7) is 0. The van der Waals surface area contributed by atoms with Crippen molar-refractivity contribution in [3.8, 4) is 0 Å². The van der Waals surface area contributed by atoms with Crippen molar-refractivity contribution in [3.05, 3.63) is 16.9 Å². The van der Waals surface area contributed by atoms with Gasteiger partial charge in [0.2, 0.25) is 0 Å². The van der Waals surface area contributed by atoms with Crippen LogP contribution in [0.15, 0.2) is 11.4 Å². The molecule has 2 rings (SSSR count). The molecule has 0 atom stereocenters. The third-order valence-corrected chi connectivity index (χ3v) is 3.58. The molecule has 1 amide bonds. The first kappa shape index (κ1) is 13.6. The summed E-state index contributed by atoms with van der Waals surface area (Å²) in [5, 5.41) is 0.728. The van der Waals surface area contributed by atoms with Gasteiger partial charge in [-0.2, -0.15) is 0 Å². The van der Waals surface area contributed by atoms with Crippen molar-refractivity contribution in [2.75, 3.05) is 6.26 Å². The highest BCUT2D eigenvalue weighted by atomic mass is 35.5. The summed E-state index contributed by atoms with van der Waals surface area (Å²) in [6.07, 6.45) is 7.61. The van der Waals surface area contributed by atoms with E-state index in [1.54, 1.807) is 0 Å². The zero-order valence-electron chi connectivity index (χ0n) is 9.98. The molecule has 7 heteroatoms. The number of amides is 1. The molecule has 0 saturated heterocycles. The molecule has 1 aromatic heterocycles. The van der Waals surface area contributed by atoms with Gasteiger partial charge in [0.15, 0.2) is 10.9 Å². The topological polar surface area (TPSA) is 64.1 Å². The summed E-state index contributed by atoms with van der Waals surface area (Å²) >= 11 is 7.24. The van der Waals surface area contributed by atoms with Crippen LogP contribution in [0.25, 0.3) is 0 Å². The van der Waals surface area contributed by atoms with Crippen molar-refractivity contribution in [3.63, 3.8) is 0 Å². The molecular formula is C11H14ClN3O2S. The fourth-order valence-corrected chi connectivity index (χ4v) is 2.32. The summed E-state index contributed by atoms with van der Waals surface area (Å²) < 4.78 is 0. The lowest BCUT2D eigenvalue weighted by molar-refractivity contribution is -0.0128. The van der Waals surface area contributed by atoms with Crippen LogP contribution in [-0.4, -0.2) is 28.2 Å². The van der Waals surface area contributed by atoms with Crippen molar-refractivity contribution in [1.82, 2.24) is 15.4 Å². The SMILES string of the molecule is CSc1ncc(Cl)c(C(=O)NOC2CCCC2)n1. The Morgan fingerprint density at radius 2 is 2.28 bits per heavy atom. The fourth-order valence-electron chi connectivity index (χ4n) is 1.80. The first-order valence-corrected chi connectivity index (χ1v) is 7.33. The zero-order chi connectivity index (χ0) is 13.0. The van der Waals surface area contributed by atoms with Gasteiger partial charge >= 0.3 is 0 Å². The Morgan fingerprint density at radius 1 is 1.56 bits per heavy atom. The first-order chi connectivity index (χ1) is 8.70. The molecule has 0 spiro atoms. The standard InChI is InChI=1S/C11H14ClN3O2S/c1-18-11-13-6-8(12)9(14-11)10(16)15-17-7-4-2-3-5-7/h6-7H,2-5H2,1H3,(H,15,16). The Kier molecular flexibility index (Phi) is 4.79. The second-order valence-corrected chi connectivity index (χ2v) is 5.19. The molecule has 0 bridgehead atoms. The molecule has 1 N–H and O–H groups in total. The number of rotatable bonds is 4. The Labute approximate surface area is 115 Å². The number of thioether (sulfide) groups is 1. The molecule has 1 aliphatic rings. The Bertz CT molecular complexity index is 438.